The number of carbonyl (C=O) groups excluding carboxylic acids is 1. The van der Waals surface area contributed by atoms with Gasteiger partial charge in [0.1, 0.15) is 23.6 Å². The zero-order valence-electron chi connectivity index (χ0n) is 14.8. The van der Waals surface area contributed by atoms with Crippen LogP contribution in [0.25, 0.3) is 11.1 Å². The van der Waals surface area contributed by atoms with E-state index >= 15 is 0 Å². The Morgan fingerprint density at radius 2 is 1.86 bits per heavy atom. The zero-order chi connectivity index (χ0) is 19.5. The van der Waals surface area contributed by atoms with Gasteiger partial charge in [-0.2, -0.15) is 0 Å². The minimum Gasteiger partial charge on any atom is -0.456 e. The van der Waals surface area contributed by atoms with Gasteiger partial charge in [0.15, 0.2) is 5.96 Å². The molecule has 0 saturated heterocycles. The molecule has 2 aromatic carbocycles. The van der Waals surface area contributed by atoms with Crippen LogP contribution < -0.4 is 10.5 Å². The highest BCUT2D eigenvalue weighted by Gasteiger charge is 2.54. The van der Waals surface area contributed by atoms with Crippen molar-refractivity contribution in [1.82, 2.24) is 14.9 Å². The monoisotopic (exact) mass is 375 g/mol. The highest BCUT2D eigenvalue weighted by atomic mass is 19.1. The third-order valence-corrected chi connectivity index (χ3v) is 5.07. The maximum Gasteiger partial charge on any atom is 0.266 e. The Labute approximate surface area is 159 Å². The molecule has 2 aliphatic heterocycles. The van der Waals surface area contributed by atoms with Gasteiger partial charge in [0.05, 0.1) is 0 Å². The number of benzene rings is 2. The van der Waals surface area contributed by atoms with Crippen LogP contribution in [0.15, 0.2) is 60.1 Å². The number of halogens is 1. The van der Waals surface area contributed by atoms with Gasteiger partial charge in [0.25, 0.3) is 5.91 Å². The number of aliphatic imine (C=N–C) groups is 1. The molecular formula is C20H14FN5O2. The van der Waals surface area contributed by atoms with Crippen LogP contribution in [0.2, 0.25) is 0 Å². The maximum absolute atomic E-state index is 14.9. The fourth-order valence-corrected chi connectivity index (χ4v) is 3.69. The van der Waals surface area contributed by atoms with Crippen LogP contribution >= 0.6 is 0 Å². The molecule has 0 radical (unpaired) electrons. The molecule has 1 spiro atoms. The number of guanidine groups is 1. The largest absolute Gasteiger partial charge is 0.456 e. The summed E-state index contributed by atoms with van der Waals surface area (Å²) in [6.07, 6.45) is 4.37. The lowest BCUT2D eigenvalue weighted by molar-refractivity contribution is -0.129. The van der Waals surface area contributed by atoms with Gasteiger partial charge >= 0.3 is 0 Å². The molecule has 7 nitrogen and oxygen atoms in total. The number of likely N-dealkylation sites (N-methyl/N-ethyl adjacent to an activating group) is 1. The lowest BCUT2D eigenvalue weighted by Gasteiger charge is -2.33. The molecule has 0 aliphatic carbocycles. The number of ether oxygens (including phenoxy) is 1. The fraction of sp³-hybridized carbons (Fsp3) is 0.100. The molecule has 8 heteroatoms. The van der Waals surface area contributed by atoms with Crippen LogP contribution in [0, 0.1) is 5.82 Å². The van der Waals surface area contributed by atoms with Gasteiger partial charge in [-0.15, -0.1) is 0 Å². The second-order valence-electron chi connectivity index (χ2n) is 6.60. The van der Waals surface area contributed by atoms with E-state index in [-0.39, 0.29) is 23.2 Å². The van der Waals surface area contributed by atoms with E-state index in [1.165, 1.54) is 29.7 Å². The lowest BCUT2D eigenvalue weighted by Crippen LogP contribution is -2.42. The molecule has 0 bridgehead atoms. The number of rotatable bonds is 1. The first-order valence-electron chi connectivity index (χ1n) is 8.52. The van der Waals surface area contributed by atoms with Crippen molar-refractivity contribution in [2.45, 2.75) is 5.54 Å². The van der Waals surface area contributed by atoms with E-state index in [9.17, 15) is 9.18 Å². The van der Waals surface area contributed by atoms with E-state index in [0.717, 1.165) is 0 Å². The van der Waals surface area contributed by atoms with Crippen molar-refractivity contribution in [3.8, 4) is 22.6 Å². The second-order valence-corrected chi connectivity index (χ2v) is 6.60. The molecule has 1 unspecified atom stereocenters. The summed E-state index contributed by atoms with van der Waals surface area (Å²) in [6, 6.07) is 9.87. The van der Waals surface area contributed by atoms with Crippen molar-refractivity contribution in [2.75, 3.05) is 7.05 Å². The van der Waals surface area contributed by atoms with Gasteiger partial charge in [-0.1, -0.05) is 18.2 Å². The average Bonchev–Trinajstić information content (AvgIpc) is 2.93. The Morgan fingerprint density at radius 3 is 2.57 bits per heavy atom. The number of hydrogen-bond acceptors (Lipinski definition) is 6. The minimum atomic E-state index is -1.43. The highest BCUT2D eigenvalue weighted by molar-refractivity contribution is 6.10. The molecule has 2 N–H and O–H groups in total. The molecule has 0 saturated carbocycles. The Morgan fingerprint density at radius 1 is 1.11 bits per heavy atom. The summed E-state index contributed by atoms with van der Waals surface area (Å²) in [5, 5.41) is 0. The summed E-state index contributed by atoms with van der Waals surface area (Å²) in [5.41, 5.74) is 6.26. The van der Waals surface area contributed by atoms with E-state index in [2.05, 4.69) is 15.0 Å². The summed E-state index contributed by atoms with van der Waals surface area (Å²) in [7, 11) is 1.56. The molecule has 1 amide bonds. The summed E-state index contributed by atoms with van der Waals surface area (Å²) >= 11 is 0. The third kappa shape index (κ3) is 2.02. The van der Waals surface area contributed by atoms with Crippen molar-refractivity contribution in [3.05, 3.63) is 72.1 Å². The molecule has 1 atom stereocenters. The third-order valence-electron chi connectivity index (χ3n) is 5.07. The molecule has 3 aromatic rings. The van der Waals surface area contributed by atoms with Gasteiger partial charge in [-0.3, -0.25) is 9.69 Å². The lowest BCUT2D eigenvalue weighted by atomic mass is 9.79. The Kier molecular flexibility index (Phi) is 3.27. The first-order valence-corrected chi connectivity index (χ1v) is 8.52. The number of amides is 1. The Hall–Kier alpha value is -3.81. The summed E-state index contributed by atoms with van der Waals surface area (Å²) in [5.74, 6) is -0.105. The molecule has 3 heterocycles. The van der Waals surface area contributed by atoms with E-state index in [1.807, 2.05) is 0 Å². The summed E-state index contributed by atoms with van der Waals surface area (Å²) in [4.78, 5) is 27.0. The maximum atomic E-state index is 14.9. The fourth-order valence-electron chi connectivity index (χ4n) is 3.69. The SMILES string of the molecule is CN1C(=O)C2(N=C1N)c1ccccc1Oc1cc(F)c(-c3cncnc3)cc12. The van der Waals surface area contributed by atoms with E-state index < -0.39 is 11.4 Å². The second kappa shape index (κ2) is 5.59. The van der Waals surface area contributed by atoms with Crippen molar-refractivity contribution in [3.63, 3.8) is 0 Å². The number of nitrogens with zero attached hydrogens (tertiary/aromatic N) is 4. The van der Waals surface area contributed by atoms with Crippen LogP contribution in [0.1, 0.15) is 11.1 Å². The standard InChI is InChI=1S/C20H14FN5O2/c1-26-18(27)20(25-19(26)22)13-4-2-3-5-16(13)28-17-7-15(21)12(6-14(17)20)11-8-23-10-24-9-11/h2-10H,1H3,(H2,22,25). The van der Waals surface area contributed by atoms with Gasteiger partial charge in [0, 0.05) is 47.8 Å². The first kappa shape index (κ1) is 16.4. The van der Waals surface area contributed by atoms with Crippen molar-refractivity contribution in [1.29, 1.82) is 0 Å². The van der Waals surface area contributed by atoms with Gasteiger partial charge in [-0.05, 0) is 12.1 Å². The molecular weight excluding hydrogens is 361 g/mol. The van der Waals surface area contributed by atoms with Gasteiger partial charge in [0.2, 0.25) is 5.54 Å². The Bertz CT molecular complexity index is 1160. The van der Waals surface area contributed by atoms with Crippen LogP contribution in [0.4, 0.5) is 4.39 Å². The predicted octanol–water partition coefficient (Wildman–Crippen LogP) is 2.42. The number of para-hydroxylation sites is 1. The van der Waals surface area contributed by atoms with Gasteiger partial charge in [-0.25, -0.2) is 19.4 Å². The quantitative estimate of drug-likeness (QED) is 0.705. The van der Waals surface area contributed by atoms with Gasteiger partial charge < -0.3 is 10.5 Å². The van der Waals surface area contributed by atoms with E-state index in [0.29, 0.717) is 22.4 Å². The van der Waals surface area contributed by atoms with E-state index in [1.54, 1.807) is 37.4 Å². The smallest absolute Gasteiger partial charge is 0.266 e. The van der Waals surface area contributed by atoms with Crippen LogP contribution in [0.3, 0.4) is 0 Å². The van der Waals surface area contributed by atoms with E-state index in [4.69, 9.17) is 10.5 Å². The normalized spacial score (nSPS) is 19.9. The molecule has 28 heavy (non-hydrogen) atoms. The number of fused-ring (bicyclic) bond motifs is 4. The topological polar surface area (TPSA) is 93.7 Å². The Balaban J connectivity index is 1.84. The molecule has 138 valence electrons. The molecule has 2 aliphatic rings. The van der Waals surface area contributed by atoms with Crippen molar-refractivity contribution in [2.24, 2.45) is 10.7 Å². The summed E-state index contributed by atoms with van der Waals surface area (Å²) in [6.45, 7) is 0. The number of aromatic nitrogens is 2. The highest BCUT2D eigenvalue weighted by Crippen LogP contribution is 2.52. The predicted molar refractivity (Wildman–Crippen MR) is 99.1 cm³/mol. The summed E-state index contributed by atoms with van der Waals surface area (Å²) < 4.78 is 20.8. The number of carbonyl (C=O) groups is 1. The average molecular weight is 375 g/mol. The first-order chi connectivity index (χ1) is 13.5. The molecule has 1 aromatic heterocycles. The zero-order valence-corrected chi connectivity index (χ0v) is 14.8. The number of nitrogens with two attached hydrogens (primary N) is 1. The van der Waals surface area contributed by atoms with Crippen LogP contribution in [-0.4, -0.2) is 33.8 Å². The number of hydrogen-bond donors (Lipinski definition) is 1. The van der Waals surface area contributed by atoms with Crippen molar-refractivity contribution >= 4 is 11.9 Å². The minimum absolute atomic E-state index is 0.0848. The van der Waals surface area contributed by atoms with Crippen molar-refractivity contribution < 1.29 is 13.9 Å². The van der Waals surface area contributed by atoms with Crippen LogP contribution in [-0.2, 0) is 10.3 Å². The van der Waals surface area contributed by atoms with Crippen LogP contribution in [0.5, 0.6) is 11.5 Å². The molecule has 5 rings (SSSR count). The molecule has 0 fully saturated rings.